The first kappa shape index (κ1) is 23.4. The Bertz CT molecular complexity index is 300. The van der Waals surface area contributed by atoms with E-state index < -0.39 is 11.6 Å². The van der Waals surface area contributed by atoms with Crippen molar-refractivity contribution in [2.45, 2.75) is 110 Å². The van der Waals surface area contributed by atoms with Crippen molar-refractivity contribution < 1.29 is 14.3 Å². The minimum Gasteiger partial charge on any atom is -0.459 e. The Hall–Kier alpha value is -0.610. The lowest BCUT2D eigenvalue weighted by Gasteiger charge is -2.22. The zero-order valence-electron chi connectivity index (χ0n) is 16.6. The summed E-state index contributed by atoms with van der Waals surface area (Å²) < 4.78 is 10.8. The number of carbonyl (C=O) groups is 1. The van der Waals surface area contributed by atoms with Crippen LogP contribution in [0.1, 0.15) is 98.3 Å². The van der Waals surface area contributed by atoms with E-state index in [0.717, 1.165) is 13.0 Å². The Morgan fingerprint density at radius 3 is 1.88 bits per heavy atom. The number of hydrogen-bond acceptors (Lipinski definition) is 4. The third kappa shape index (κ3) is 16.3. The molecule has 0 aromatic rings. The topological polar surface area (TPSA) is 61.5 Å². The van der Waals surface area contributed by atoms with E-state index in [1.165, 1.54) is 57.8 Å². The maximum Gasteiger partial charge on any atom is 0.323 e. The highest BCUT2D eigenvalue weighted by atomic mass is 16.6. The molecule has 0 aliphatic rings. The van der Waals surface area contributed by atoms with Gasteiger partial charge in [-0.1, -0.05) is 64.7 Å². The first-order chi connectivity index (χ1) is 11.4. The van der Waals surface area contributed by atoms with Gasteiger partial charge in [0.1, 0.15) is 11.6 Å². The lowest BCUT2D eigenvalue weighted by molar-refractivity contribution is -0.156. The average molecular weight is 344 g/mol. The van der Waals surface area contributed by atoms with E-state index in [9.17, 15) is 4.79 Å². The van der Waals surface area contributed by atoms with E-state index >= 15 is 0 Å². The van der Waals surface area contributed by atoms with Gasteiger partial charge in [0.25, 0.3) is 0 Å². The molecule has 0 radical (unpaired) electrons. The van der Waals surface area contributed by atoms with E-state index in [1.54, 1.807) is 0 Å². The zero-order valence-corrected chi connectivity index (χ0v) is 16.6. The van der Waals surface area contributed by atoms with Gasteiger partial charge in [-0.3, -0.25) is 4.79 Å². The lowest BCUT2D eigenvalue weighted by Crippen LogP contribution is -2.38. The second-order valence-corrected chi connectivity index (χ2v) is 7.72. The largest absolute Gasteiger partial charge is 0.459 e. The summed E-state index contributed by atoms with van der Waals surface area (Å²) in [4.78, 5) is 11.7. The summed E-state index contributed by atoms with van der Waals surface area (Å²) in [6, 6.07) is -0.586. The Morgan fingerprint density at radius 2 is 1.38 bits per heavy atom. The summed E-state index contributed by atoms with van der Waals surface area (Å²) in [5.74, 6) is -0.343. The Kier molecular flexibility index (Phi) is 14.3. The van der Waals surface area contributed by atoms with E-state index in [1.807, 2.05) is 20.8 Å². The number of hydrogen-bond donors (Lipinski definition) is 1. The molecule has 1 atom stereocenters. The lowest BCUT2D eigenvalue weighted by atomic mass is 10.1. The van der Waals surface area contributed by atoms with Crippen LogP contribution in [0, 0.1) is 0 Å². The molecule has 0 saturated heterocycles. The Balaban J connectivity index is 3.32. The third-order valence-corrected chi connectivity index (χ3v) is 3.92. The fourth-order valence-corrected chi connectivity index (χ4v) is 2.50. The van der Waals surface area contributed by atoms with Crippen molar-refractivity contribution in [3.8, 4) is 0 Å². The maximum atomic E-state index is 11.7. The summed E-state index contributed by atoms with van der Waals surface area (Å²) in [6.07, 6.45) is 13.7. The number of esters is 1. The predicted octanol–water partition coefficient (Wildman–Crippen LogP) is 4.98. The average Bonchev–Trinajstić information content (AvgIpc) is 2.50. The van der Waals surface area contributed by atoms with Crippen LogP contribution in [0.15, 0.2) is 0 Å². The van der Waals surface area contributed by atoms with Gasteiger partial charge in [0.2, 0.25) is 0 Å². The van der Waals surface area contributed by atoms with Gasteiger partial charge in [-0.15, -0.1) is 0 Å². The number of carbonyl (C=O) groups excluding carboxylic acids is 1. The van der Waals surface area contributed by atoms with E-state index in [2.05, 4.69) is 6.92 Å². The van der Waals surface area contributed by atoms with Crippen LogP contribution < -0.4 is 5.73 Å². The number of unbranched alkanes of at least 4 members (excludes halogenated alkanes) is 9. The second-order valence-electron chi connectivity index (χ2n) is 7.72. The molecule has 0 aromatic carbocycles. The molecule has 144 valence electrons. The molecule has 1 unspecified atom stereocenters. The van der Waals surface area contributed by atoms with Gasteiger partial charge < -0.3 is 15.2 Å². The van der Waals surface area contributed by atoms with Crippen molar-refractivity contribution in [1.29, 1.82) is 0 Å². The van der Waals surface area contributed by atoms with Crippen molar-refractivity contribution in [1.82, 2.24) is 0 Å². The van der Waals surface area contributed by atoms with Gasteiger partial charge in [-0.05, 0) is 33.6 Å². The standard InChI is InChI=1S/C20H41NO3/c1-5-6-7-8-9-10-11-12-13-14-16-23-17-15-18(21)19(22)24-20(2,3)4/h18H,5-17,21H2,1-4H3. The van der Waals surface area contributed by atoms with Crippen molar-refractivity contribution in [3.05, 3.63) is 0 Å². The van der Waals surface area contributed by atoms with E-state index in [4.69, 9.17) is 15.2 Å². The Labute approximate surface area is 149 Å². The molecular formula is C20H41NO3. The highest BCUT2D eigenvalue weighted by molar-refractivity contribution is 5.75. The molecule has 4 heteroatoms. The van der Waals surface area contributed by atoms with Crippen LogP contribution in [-0.4, -0.2) is 30.8 Å². The monoisotopic (exact) mass is 343 g/mol. The first-order valence-electron chi connectivity index (χ1n) is 9.93. The molecule has 0 aromatic heterocycles. The predicted molar refractivity (Wildman–Crippen MR) is 101 cm³/mol. The molecule has 0 rings (SSSR count). The fourth-order valence-electron chi connectivity index (χ4n) is 2.50. The summed E-state index contributed by atoms with van der Waals surface area (Å²) in [5, 5.41) is 0. The van der Waals surface area contributed by atoms with Crippen LogP contribution in [-0.2, 0) is 14.3 Å². The third-order valence-electron chi connectivity index (χ3n) is 3.92. The Morgan fingerprint density at radius 1 is 0.875 bits per heavy atom. The summed E-state index contributed by atoms with van der Waals surface area (Å²) in [6.45, 7) is 9.08. The van der Waals surface area contributed by atoms with Crippen molar-refractivity contribution >= 4 is 5.97 Å². The minimum absolute atomic E-state index is 0.343. The van der Waals surface area contributed by atoms with Gasteiger partial charge in [-0.25, -0.2) is 0 Å². The molecule has 0 heterocycles. The van der Waals surface area contributed by atoms with E-state index in [-0.39, 0.29) is 5.97 Å². The highest BCUT2D eigenvalue weighted by Crippen LogP contribution is 2.11. The SMILES string of the molecule is CCCCCCCCCCCCOCCC(N)C(=O)OC(C)(C)C. The normalized spacial score (nSPS) is 13.0. The van der Waals surface area contributed by atoms with Crippen LogP contribution in [0.4, 0.5) is 0 Å². The van der Waals surface area contributed by atoms with Gasteiger partial charge in [0, 0.05) is 13.2 Å². The van der Waals surface area contributed by atoms with E-state index in [0.29, 0.717) is 13.0 Å². The molecular weight excluding hydrogens is 302 g/mol. The molecule has 2 N–H and O–H groups in total. The van der Waals surface area contributed by atoms with Crippen molar-refractivity contribution in [3.63, 3.8) is 0 Å². The molecule has 0 fully saturated rings. The first-order valence-corrected chi connectivity index (χ1v) is 9.93. The number of rotatable bonds is 15. The second kappa shape index (κ2) is 14.7. The van der Waals surface area contributed by atoms with Crippen LogP contribution in [0.3, 0.4) is 0 Å². The molecule has 0 saturated carbocycles. The molecule has 0 amide bonds. The summed E-state index contributed by atoms with van der Waals surface area (Å²) >= 11 is 0. The van der Waals surface area contributed by atoms with Crippen molar-refractivity contribution in [2.75, 3.05) is 13.2 Å². The number of nitrogens with two attached hydrogens (primary N) is 1. The molecule has 0 aliphatic heterocycles. The van der Waals surface area contributed by atoms with Crippen LogP contribution in [0.5, 0.6) is 0 Å². The minimum atomic E-state index is -0.586. The van der Waals surface area contributed by atoms with Gasteiger partial charge in [0.15, 0.2) is 0 Å². The molecule has 24 heavy (non-hydrogen) atoms. The molecule has 4 nitrogen and oxygen atoms in total. The van der Waals surface area contributed by atoms with Crippen molar-refractivity contribution in [2.24, 2.45) is 5.73 Å². The van der Waals surface area contributed by atoms with Gasteiger partial charge in [0.05, 0.1) is 0 Å². The molecule has 0 spiro atoms. The van der Waals surface area contributed by atoms with Gasteiger partial charge >= 0.3 is 5.97 Å². The van der Waals surface area contributed by atoms with Crippen LogP contribution >= 0.6 is 0 Å². The fraction of sp³-hybridized carbons (Fsp3) is 0.950. The highest BCUT2D eigenvalue weighted by Gasteiger charge is 2.21. The van der Waals surface area contributed by atoms with Gasteiger partial charge in [-0.2, -0.15) is 0 Å². The smallest absolute Gasteiger partial charge is 0.323 e. The molecule has 0 bridgehead atoms. The van der Waals surface area contributed by atoms with Crippen LogP contribution in [0.2, 0.25) is 0 Å². The zero-order chi connectivity index (χ0) is 18.3. The molecule has 0 aliphatic carbocycles. The maximum absolute atomic E-state index is 11.7. The summed E-state index contributed by atoms with van der Waals surface area (Å²) in [5.41, 5.74) is 5.33. The van der Waals surface area contributed by atoms with Crippen LogP contribution in [0.25, 0.3) is 0 Å². The quantitative estimate of drug-likeness (QED) is 0.336. The number of ether oxygens (including phenoxy) is 2. The summed E-state index contributed by atoms with van der Waals surface area (Å²) in [7, 11) is 0.